The highest BCUT2D eigenvalue weighted by atomic mass is 16.5. The average Bonchev–Trinajstić information content (AvgIpc) is 2.54. The molecule has 2 N–H and O–H groups in total. The van der Waals surface area contributed by atoms with Gasteiger partial charge in [0.2, 0.25) is 0 Å². The first kappa shape index (κ1) is 15.2. The van der Waals surface area contributed by atoms with E-state index in [0.29, 0.717) is 5.75 Å². The van der Waals surface area contributed by atoms with E-state index in [1.54, 1.807) is 7.11 Å². The van der Waals surface area contributed by atoms with E-state index in [2.05, 4.69) is 17.6 Å². The molecule has 112 valence electrons. The fourth-order valence-electron chi connectivity index (χ4n) is 2.18. The number of rotatable bonds is 6. The van der Waals surface area contributed by atoms with E-state index in [1.165, 1.54) is 0 Å². The van der Waals surface area contributed by atoms with Gasteiger partial charge in [0, 0.05) is 18.8 Å². The van der Waals surface area contributed by atoms with E-state index in [1.807, 2.05) is 56.6 Å². The molecule has 4 heteroatoms. The third-order valence-electron chi connectivity index (χ3n) is 3.49. The molecule has 0 amide bonds. The first-order valence-corrected chi connectivity index (χ1v) is 6.99. The molecule has 0 fully saturated rings. The van der Waals surface area contributed by atoms with Gasteiger partial charge in [0.25, 0.3) is 0 Å². The van der Waals surface area contributed by atoms with E-state index in [4.69, 9.17) is 9.47 Å². The average molecular weight is 286 g/mol. The normalized spacial score (nSPS) is 11.8. The van der Waals surface area contributed by atoms with Crippen LogP contribution in [0.5, 0.6) is 17.2 Å². The van der Waals surface area contributed by atoms with E-state index >= 15 is 0 Å². The third kappa shape index (κ3) is 3.47. The maximum absolute atomic E-state index is 5.95. The van der Waals surface area contributed by atoms with Crippen molar-refractivity contribution in [3.8, 4) is 17.2 Å². The molecule has 0 saturated carbocycles. The van der Waals surface area contributed by atoms with Crippen LogP contribution in [0.4, 0.5) is 5.69 Å². The van der Waals surface area contributed by atoms with E-state index in [-0.39, 0.29) is 6.04 Å². The first-order chi connectivity index (χ1) is 10.2. The van der Waals surface area contributed by atoms with Gasteiger partial charge in [-0.1, -0.05) is 12.1 Å². The predicted molar refractivity (Wildman–Crippen MR) is 86.5 cm³/mol. The van der Waals surface area contributed by atoms with Gasteiger partial charge in [-0.05, 0) is 49.9 Å². The molecule has 0 aromatic heterocycles. The van der Waals surface area contributed by atoms with Crippen LogP contribution in [0, 0.1) is 0 Å². The van der Waals surface area contributed by atoms with Crippen molar-refractivity contribution in [1.29, 1.82) is 0 Å². The van der Waals surface area contributed by atoms with Crippen molar-refractivity contribution in [2.75, 3.05) is 26.5 Å². The molecule has 1 unspecified atom stereocenters. The highest BCUT2D eigenvalue weighted by Gasteiger charge is 2.11. The quantitative estimate of drug-likeness (QED) is 0.847. The number of hydrogen-bond donors (Lipinski definition) is 2. The minimum Gasteiger partial charge on any atom is -0.493 e. The molecule has 0 aliphatic rings. The first-order valence-electron chi connectivity index (χ1n) is 6.99. The Morgan fingerprint density at radius 1 is 1.00 bits per heavy atom. The Kier molecular flexibility index (Phi) is 5.06. The molecule has 2 rings (SSSR count). The lowest BCUT2D eigenvalue weighted by molar-refractivity contribution is 0.378. The SMILES string of the molecule is CNc1ccc(Oc2ccccc2OC)cc1C(C)NC. The van der Waals surface area contributed by atoms with Crippen LogP contribution in [0.3, 0.4) is 0 Å². The Labute approximate surface area is 126 Å². The van der Waals surface area contributed by atoms with Gasteiger partial charge in [-0.15, -0.1) is 0 Å². The van der Waals surface area contributed by atoms with Gasteiger partial charge in [0.05, 0.1) is 7.11 Å². The summed E-state index contributed by atoms with van der Waals surface area (Å²) in [5.74, 6) is 2.22. The molecule has 0 saturated heterocycles. The number of benzene rings is 2. The van der Waals surface area contributed by atoms with E-state index in [0.717, 1.165) is 22.7 Å². The predicted octanol–water partition coefficient (Wildman–Crippen LogP) is 3.81. The van der Waals surface area contributed by atoms with Crippen molar-refractivity contribution in [3.63, 3.8) is 0 Å². The molecule has 2 aromatic rings. The summed E-state index contributed by atoms with van der Waals surface area (Å²) < 4.78 is 11.3. The highest BCUT2D eigenvalue weighted by Crippen LogP contribution is 2.34. The Balaban J connectivity index is 2.32. The fraction of sp³-hybridized carbons (Fsp3) is 0.294. The van der Waals surface area contributed by atoms with Crippen LogP contribution in [0.1, 0.15) is 18.5 Å². The third-order valence-corrected chi connectivity index (χ3v) is 3.49. The lowest BCUT2D eigenvalue weighted by atomic mass is 10.1. The summed E-state index contributed by atoms with van der Waals surface area (Å²) in [7, 11) is 5.50. The van der Waals surface area contributed by atoms with Crippen molar-refractivity contribution in [1.82, 2.24) is 5.32 Å². The molecule has 21 heavy (non-hydrogen) atoms. The second-order valence-corrected chi connectivity index (χ2v) is 4.76. The van der Waals surface area contributed by atoms with E-state index in [9.17, 15) is 0 Å². The molecule has 0 bridgehead atoms. The summed E-state index contributed by atoms with van der Waals surface area (Å²) >= 11 is 0. The highest BCUT2D eigenvalue weighted by molar-refractivity contribution is 5.56. The molecular formula is C17H22N2O2. The number of anilines is 1. The Hall–Kier alpha value is -2.20. The molecule has 2 aromatic carbocycles. The van der Waals surface area contributed by atoms with Gasteiger partial charge in [0.1, 0.15) is 5.75 Å². The second-order valence-electron chi connectivity index (χ2n) is 4.76. The van der Waals surface area contributed by atoms with Crippen LogP contribution in [-0.4, -0.2) is 21.2 Å². The molecule has 1 atom stereocenters. The molecule has 0 spiro atoms. The number of hydrogen-bond acceptors (Lipinski definition) is 4. The zero-order chi connectivity index (χ0) is 15.2. The summed E-state index contributed by atoms with van der Waals surface area (Å²) in [6.07, 6.45) is 0. The summed E-state index contributed by atoms with van der Waals surface area (Å²) in [6.45, 7) is 2.11. The van der Waals surface area contributed by atoms with Crippen LogP contribution in [0.25, 0.3) is 0 Å². The zero-order valence-electron chi connectivity index (χ0n) is 12.9. The van der Waals surface area contributed by atoms with Crippen LogP contribution < -0.4 is 20.1 Å². The van der Waals surface area contributed by atoms with E-state index < -0.39 is 0 Å². The molecule has 0 heterocycles. The lowest BCUT2D eigenvalue weighted by Crippen LogP contribution is -2.14. The summed E-state index contributed by atoms with van der Waals surface area (Å²) in [6, 6.07) is 13.9. The van der Waals surface area contributed by atoms with Gasteiger partial charge in [-0.3, -0.25) is 0 Å². The van der Waals surface area contributed by atoms with Gasteiger partial charge < -0.3 is 20.1 Å². The van der Waals surface area contributed by atoms with Crippen molar-refractivity contribution >= 4 is 5.69 Å². The Bertz CT molecular complexity index is 599. The Morgan fingerprint density at radius 3 is 2.33 bits per heavy atom. The van der Waals surface area contributed by atoms with Gasteiger partial charge in [-0.25, -0.2) is 0 Å². The lowest BCUT2D eigenvalue weighted by Gasteiger charge is -2.17. The van der Waals surface area contributed by atoms with Gasteiger partial charge in [0.15, 0.2) is 11.5 Å². The summed E-state index contributed by atoms with van der Waals surface area (Å²) in [5, 5.41) is 6.45. The minimum atomic E-state index is 0.230. The molecule has 0 aliphatic heterocycles. The summed E-state index contributed by atoms with van der Waals surface area (Å²) in [4.78, 5) is 0. The van der Waals surface area contributed by atoms with Crippen LogP contribution >= 0.6 is 0 Å². The second kappa shape index (κ2) is 6.99. The molecular weight excluding hydrogens is 264 g/mol. The van der Waals surface area contributed by atoms with Crippen LogP contribution in [0.15, 0.2) is 42.5 Å². The minimum absolute atomic E-state index is 0.230. The smallest absolute Gasteiger partial charge is 0.169 e. The topological polar surface area (TPSA) is 42.5 Å². The number of para-hydroxylation sites is 2. The molecule has 4 nitrogen and oxygen atoms in total. The Morgan fingerprint density at radius 2 is 1.71 bits per heavy atom. The molecule has 0 aliphatic carbocycles. The number of methoxy groups -OCH3 is 1. The molecule has 0 radical (unpaired) electrons. The largest absolute Gasteiger partial charge is 0.493 e. The van der Waals surface area contributed by atoms with Gasteiger partial charge >= 0.3 is 0 Å². The van der Waals surface area contributed by atoms with Crippen LogP contribution in [-0.2, 0) is 0 Å². The van der Waals surface area contributed by atoms with Crippen molar-refractivity contribution < 1.29 is 9.47 Å². The fourth-order valence-corrected chi connectivity index (χ4v) is 2.18. The number of ether oxygens (including phenoxy) is 2. The zero-order valence-corrected chi connectivity index (χ0v) is 12.9. The maximum atomic E-state index is 5.95. The van der Waals surface area contributed by atoms with Gasteiger partial charge in [-0.2, -0.15) is 0 Å². The maximum Gasteiger partial charge on any atom is 0.169 e. The van der Waals surface area contributed by atoms with Crippen molar-refractivity contribution in [3.05, 3.63) is 48.0 Å². The monoisotopic (exact) mass is 286 g/mol. The van der Waals surface area contributed by atoms with Crippen LogP contribution in [0.2, 0.25) is 0 Å². The standard InChI is InChI=1S/C17H22N2O2/c1-12(18-2)14-11-13(9-10-15(14)19-3)21-17-8-6-5-7-16(17)20-4/h5-12,18-19H,1-4H3. The van der Waals surface area contributed by atoms with Crippen molar-refractivity contribution in [2.45, 2.75) is 13.0 Å². The number of nitrogens with one attached hydrogen (secondary N) is 2. The summed E-state index contributed by atoms with van der Waals surface area (Å²) in [5.41, 5.74) is 2.25. The van der Waals surface area contributed by atoms with Crippen molar-refractivity contribution in [2.24, 2.45) is 0 Å².